The first-order chi connectivity index (χ1) is 12.6. The summed E-state index contributed by atoms with van der Waals surface area (Å²) in [5.74, 6) is 0.825. The van der Waals surface area contributed by atoms with Gasteiger partial charge in [0.15, 0.2) is 0 Å². The number of aromatic nitrogens is 2. The fourth-order valence-corrected chi connectivity index (χ4v) is 4.04. The van der Waals surface area contributed by atoms with Gasteiger partial charge in [-0.15, -0.1) is 0 Å². The third-order valence-electron chi connectivity index (χ3n) is 4.73. The van der Waals surface area contributed by atoms with E-state index in [-0.39, 0.29) is 11.9 Å². The molecule has 3 aromatic rings. The van der Waals surface area contributed by atoms with Crippen LogP contribution in [0.15, 0.2) is 53.3 Å². The summed E-state index contributed by atoms with van der Waals surface area (Å²) in [5.41, 5.74) is 2.83. The molecular formula is C20H19BrN4O. The van der Waals surface area contributed by atoms with Crippen molar-refractivity contribution in [2.75, 3.05) is 16.8 Å². The molecule has 2 heterocycles. The number of nitrogens with zero attached hydrogens (tertiary/aromatic N) is 3. The van der Waals surface area contributed by atoms with Crippen molar-refractivity contribution >= 4 is 44.2 Å². The Labute approximate surface area is 160 Å². The summed E-state index contributed by atoms with van der Waals surface area (Å²) in [6.45, 7) is 2.84. The zero-order valence-electron chi connectivity index (χ0n) is 14.4. The largest absolute Gasteiger partial charge is 0.344 e. The Morgan fingerprint density at radius 1 is 1.23 bits per heavy atom. The number of hydrogen-bond donors (Lipinski definition) is 1. The number of nitrogens with one attached hydrogen (secondary N) is 1. The van der Waals surface area contributed by atoms with Crippen molar-refractivity contribution in [3.05, 3.63) is 58.8 Å². The molecule has 5 nitrogen and oxygen atoms in total. The normalized spacial score (nSPS) is 16.8. The quantitative estimate of drug-likeness (QED) is 0.698. The number of hydrogen-bond acceptors (Lipinski definition) is 4. The summed E-state index contributed by atoms with van der Waals surface area (Å²) in [6.07, 6.45) is 3.35. The molecule has 1 saturated heterocycles. The van der Waals surface area contributed by atoms with Crippen LogP contribution in [0.2, 0.25) is 0 Å². The Morgan fingerprint density at radius 3 is 2.92 bits per heavy atom. The van der Waals surface area contributed by atoms with Gasteiger partial charge < -0.3 is 10.2 Å². The van der Waals surface area contributed by atoms with Gasteiger partial charge in [0.05, 0.1) is 11.2 Å². The zero-order valence-corrected chi connectivity index (χ0v) is 16.0. The van der Waals surface area contributed by atoms with Gasteiger partial charge in [-0.25, -0.2) is 9.97 Å². The summed E-state index contributed by atoms with van der Waals surface area (Å²) in [4.78, 5) is 23.9. The van der Waals surface area contributed by atoms with Gasteiger partial charge in [0.25, 0.3) is 0 Å². The molecule has 0 unspecified atom stereocenters. The molecule has 0 bridgehead atoms. The van der Waals surface area contributed by atoms with Crippen molar-refractivity contribution in [1.29, 1.82) is 0 Å². The first-order valence-electron chi connectivity index (χ1n) is 8.67. The van der Waals surface area contributed by atoms with Gasteiger partial charge in [-0.1, -0.05) is 18.2 Å². The molecule has 1 atom stereocenters. The van der Waals surface area contributed by atoms with E-state index in [4.69, 9.17) is 0 Å². The molecule has 1 N–H and O–H groups in total. The number of para-hydroxylation sites is 1. The molecule has 6 heteroatoms. The Morgan fingerprint density at radius 2 is 2.08 bits per heavy atom. The minimum Gasteiger partial charge on any atom is -0.344 e. The van der Waals surface area contributed by atoms with Crippen LogP contribution in [-0.4, -0.2) is 28.5 Å². The van der Waals surface area contributed by atoms with E-state index in [1.54, 1.807) is 6.33 Å². The molecule has 0 radical (unpaired) electrons. The Bertz CT molecular complexity index is 970. The monoisotopic (exact) mass is 410 g/mol. The van der Waals surface area contributed by atoms with Crippen LogP contribution in [0.5, 0.6) is 0 Å². The standard InChI is InChI=1S/C20H19BrN4O/c1-13-8-9-17(15(21)11-13)24-20(26)18-7-4-10-25(18)19-14-5-2-3-6-16(14)22-12-23-19/h2-3,5-6,8-9,11-12,18H,4,7,10H2,1H3,(H,24,26)/t18-/m1/s1. The maximum Gasteiger partial charge on any atom is 0.247 e. The summed E-state index contributed by atoms with van der Waals surface area (Å²) in [7, 11) is 0. The molecule has 4 rings (SSSR count). The molecule has 26 heavy (non-hydrogen) atoms. The van der Waals surface area contributed by atoms with E-state index < -0.39 is 0 Å². The SMILES string of the molecule is Cc1ccc(NC(=O)[C@H]2CCCN2c2ncnc3ccccc23)c(Br)c1. The minimum atomic E-state index is -0.235. The highest BCUT2D eigenvalue weighted by atomic mass is 79.9. The second-order valence-corrected chi connectivity index (χ2v) is 7.39. The summed E-state index contributed by atoms with van der Waals surface area (Å²) >= 11 is 3.53. The number of halogens is 1. The van der Waals surface area contributed by atoms with Crippen LogP contribution in [0, 0.1) is 6.92 Å². The number of rotatable bonds is 3. The topological polar surface area (TPSA) is 58.1 Å². The van der Waals surface area contributed by atoms with Crippen molar-refractivity contribution in [3.8, 4) is 0 Å². The van der Waals surface area contributed by atoms with Crippen LogP contribution in [0.4, 0.5) is 11.5 Å². The highest BCUT2D eigenvalue weighted by molar-refractivity contribution is 9.10. The molecule has 132 valence electrons. The van der Waals surface area contributed by atoms with Gasteiger partial charge in [-0.3, -0.25) is 4.79 Å². The Hall–Kier alpha value is -2.47. The van der Waals surface area contributed by atoms with Crippen molar-refractivity contribution in [2.24, 2.45) is 0 Å². The van der Waals surface area contributed by atoms with Crippen molar-refractivity contribution in [1.82, 2.24) is 9.97 Å². The van der Waals surface area contributed by atoms with Crippen molar-refractivity contribution in [2.45, 2.75) is 25.8 Å². The zero-order chi connectivity index (χ0) is 18.1. The highest BCUT2D eigenvalue weighted by Crippen LogP contribution is 2.31. The fraction of sp³-hybridized carbons (Fsp3) is 0.250. The average molecular weight is 411 g/mol. The number of anilines is 2. The Balaban J connectivity index is 1.62. The third-order valence-corrected chi connectivity index (χ3v) is 5.39. The number of carbonyl (C=O) groups is 1. The molecule has 1 fully saturated rings. The lowest BCUT2D eigenvalue weighted by Crippen LogP contribution is -2.40. The van der Waals surface area contributed by atoms with Crippen molar-refractivity contribution in [3.63, 3.8) is 0 Å². The molecule has 0 spiro atoms. The van der Waals surface area contributed by atoms with E-state index in [2.05, 4.69) is 36.1 Å². The Kier molecular flexibility index (Phi) is 4.59. The molecule has 0 saturated carbocycles. The summed E-state index contributed by atoms with van der Waals surface area (Å²) in [5, 5.41) is 4.03. The number of amides is 1. The second kappa shape index (κ2) is 7.03. The van der Waals surface area contributed by atoms with Crippen LogP contribution in [0.25, 0.3) is 10.9 Å². The minimum absolute atomic E-state index is 0.00486. The van der Waals surface area contributed by atoms with E-state index in [0.717, 1.165) is 51.8 Å². The van der Waals surface area contributed by atoms with Crippen molar-refractivity contribution < 1.29 is 4.79 Å². The lowest BCUT2D eigenvalue weighted by atomic mass is 10.1. The predicted octanol–water partition coefficient (Wildman–Crippen LogP) is 4.31. The number of aryl methyl sites for hydroxylation is 1. The van der Waals surface area contributed by atoms with Gasteiger partial charge in [0, 0.05) is 16.4 Å². The van der Waals surface area contributed by atoms with Gasteiger partial charge >= 0.3 is 0 Å². The number of benzene rings is 2. The van der Waals surface area contributed by atoms with E-state index in [9.17, 15) is 4.79 Å². The van der Waals surface area contributed by atoms with Crippen LogP contribution in [0.3, 0.4) is 0 Å². The van der Waals surface area contributed by atoms with E-state index in [0.29, 0.717) is 0 Å². The van der Waals surface area contributed by atoms with E-state index >= 15 is 0 Å². The first-order valence-corrected chi connectivity index (χ1v) is 9.46. The van der Waals surface area contributed by atoms with Crippen LogP contribution in [-0.2, 0) is 4.79 Å². The highest BCUT2D eigenvalue weighted by Gasteiger charge is 2.32. The average Bonchev–Trinajstić information content (AvgIpc) is 3.13. The van der Waals surface area contributed by atoms with Crippen LogP contribution < -0.4 is 10.2 Å². The molecule has 1 aliphatic rings. The maximum absolute atomic E-state index is 13.0. The van der Waals surface area contributed by atoms with Gasteiger partial charge in [0.1, 0.15) is 18.2 Å². The van der Waals surface area contributed by atoms with E-state index in [1.807, 2.05) is 49.4 Å². The third kappa shape index (κ3) is 3.17. The molecular weight excluding hydrogens is 392 g/mol. The number of carbonyl (C=O) groups excluding carboxylic acids is 1. The molecule has 0 aliphatic carbocycles. The van der Waals surface area contributed by atoms with Crippen LogP contribution >= 0.6 is 15.9 Å². The van der Waals surface area contributed by atoms with E-state index in [1.165, 1.54) is 0 Å². The van der Waals surface area contributed by atoms with Crippen LogP contribution in [0.1, 0.15) is 18.4 Å². The molecule has 1 aromatic heterocycles. The summed E-state index contributed by atoms with van der Waals surface area (Å²) < 4.78 is 0.892. The summed E-state index contributed by atoms with van der Waals surface area (Å²) in [6, 6.07) is 13.6. The molecule has 2 aromatic carbocycles. The molecule has 1 amide bonds. The predicted molar refractivity (Wildman–Crippen MR) is 107 cm³/mol. The number of fused-ring (bicyclic) bond motifs is 1. The fourth-order valence-electron chi connectivity index (χ4n) is 3.45. The van der Waals surface area contributed by atoms with Gasteiger partial charge in [0.2, 0.25) is 5.91 Å². The lowest BCUT2D eigenvalue weighted by Gasteiger charge is -2.26. The second-order valence-electron chi connectivity index (χ2n) is 6.54. The first kappa shape index (κ1) is 17.0. The smallest absolute Gasteiger partial charge is 0.247 e. The maximum atomic E-state index is 13.0. The molecule has 1 aliphatic heterocycles. The van der Waals surface area contributed by atoms with Gasteiger partial charge in [-0.2, -0.15) is 0 Å². The lowest BCUT2D eigenvalue weighted by molar-refractivity contribution is -0.117. The van der Waals surface area contributed by atoms with Gasteiger partial charge in [-0.05, 0) is 65.5 Å².